The van der Waals surface area contributed by atoms with Crippen LogP contribution < -0.4 is 10.2 Å². The van der Waals surface area contributed by atoms with Crippen molar-refractivity contribution in [2.75, 3.05) is 4.90 Å². The normalized spacial score (nSPS) is 16.1. The summed E-state index contributed by atoms with van der Waals surface area (Å²) in [5.74, 6) is 0.978. The molecule has 1 aliphatic rings. The number of aromatic nitrogens is 2. The zero-order chi connectivity index (χ0) is 23.8. The predicted octanol–water partition coefficient (Wildman–Crippen LogP) is 6.87. The molecule has 0 spiro atoms. The van der Waals surface area contributed by atoms with E-state index in [-0.39, 0.29) is 6.04 Å². The Balaban J connectivity index is 1.67. The van der Waals surface area contributed by atoms with Crippen molar-refractivity contribution in [3.8, 4) is 11.4 Å². The van der Waals surface area contributed by atoms with Gasteiger partial charge in [-0.1, -0.05) is 64.8 Å². The van der Waals surface area contributed by atoms with Crippen LogP contribution in [0.4, 0.5) is 5.69 Å². The summed E-state index contributed by atoms with van der Waals surface area (Å²) >= 11 is 12.2. The van der Waals surface area contributed by atoms with Crippen LogP contribution in [0.5, 0.6) is 0 Å². The summed E-state index contributed by atoms with van der Waals surface area (Å²) in [6, 6.07) is 23.7. The number of benzene rings is 3. The molecule has 0 aliphatic carbocycles. The molecule has 0 saturated heterocycles. The number of aryl methyl sites for hydroxylation is 2. The smallest absolute Gasteiger partial charge is 0.258 e. The van der Waals surface area contributed by atoms with Gasteiger partial charge in [0.05, 0.1) is 11.6 Å². The topological polar surface area (TPSA) is 54.2 Å². The van der Waals surface area contributed by atoms with Crippen LogP contribution in [0.15, 0.2) is 83.0 Å². The predicted molar refractivity (Wildman–Crippen MR) is 141 cm³/mol. The summed E-state index contributed by atoms with van der Waals surface area (Å²) in [5, 5.41) is 9.01. The standard InChI is InChI=1S/C27H23ClN4OS/c1-16-7-4-10-20(13-16)25-30-26(33-31-25)23-18(3)32(22-12-5-8-17(2)14-22)27(34)29-24(23)19-9-6-11-21(28)15-19/h4-15,24H,1-3H3,(H,29,34). The molecule has 5 nitrogen and oxygen atoms in total. The van der Waals surface area contributed by atoms with E-state index in [1.807, 2.05) is 79.4 Å². The Labute approximate surface area is 209 Å². The van der Waals surface area contributed by atoms with Gasteiger partial charge in [-0.15, -0.1) is 0 Å². The van der Waals surface area contributed by atoms with Gasteiger partial charge in [0.1, 0.15) is 0 Å². The van der Waals surface area contributed by atoms with Gasteiger partial charge in [0.15, 0.2) is 5.11 Å². The van der Waals surface area contributed by atoms with E-state index in [1.54, 1.807) is 0 Å². The molecule has 0 saturated carbocycles. The summed E-state index contributed by atoms with van der Waals surface area (Å²) in [6.45, 7) is 6.13. The molecule has 170 valence electrons. The second kappa shape index (κ2) is 9.05. The molecule has 1 atom stereocenters. The Morgan fingerprint density at radius 3 is 2.41 bits per heavy atom. The van der Waals surface area contributed by atoms with Crippen LogP contribution in [-0.2, 0) is 0 Å². The summed E-state index contributed by atoms with van der Waals surface area (Å²) in [7, 11) is 0. The molecule has 0 bridgehead atoms. The third-order valence-corrected chi connectivity index (χ3v) is 6.39. The fourth-order valence-corrected chi connectivity index (χ4v) is 4.83. The first-order chi connectivity index (χ1) is 16.4. The Kier molecular flexibility index (Phi) is 5.94. The van der Waals surface area contributed by atoms with E-state index in [0.717, 1.165) is 39.2 Å². The van der Waals surface area contributed by atoms with Crippen molar-refractivity contribution in [3.63, 3.8) is 0 Å². The van der Waals surface area contributed by atoms with Crippen molar-refractivity contribution in [2.45, 2.75) is 26.8 Å². The first-order valence-corrected chi connectivity index (χ1v) is 11.7. The average molecular weight is 487 g/mol. The van der Waals surface area contributed by atoms with Gasteiger partial charge < -0.3 is 9.84 Å². The van der Waals surface area contributed by atoms with Crippen LogP contribution in [0.25, 0.3) is 17.0 Å². The number of rotatable bonds is 4. The molecule has 2 heterocycles. The second-order valence-corrected chi connectivity index (χ2v) is 9.23. The molecule has 1 aromatic heterocycles. The Hall–Kier alpha value is -3.48. The van der Waals surface area contributed by atoms with E-state index in [9.17, 15) is 0 Å². The highest BCUT2D eigenvalue weighted by Gasteiger charge is 2.35. The van der Waals surface area contributed by atoms with Crippen LogP contribution in [0.2, 0.25) is 5.02 Å². The van der Waals surface area contributed by atoms with Gasteiger partial charge in [-0.3, -0.25) is 4.90 Å². The fraction of sp³-hybridized carbons (Fsp3) is 0.148. The molecule has 4 aromatic rings. The van der Waals surface area contributed by atoms with Crippen molar-refractivity contribution >= 4 is 40.2 Å². The highest BCUT2D eigenvalue weighted by atomic mass is 35.5. The molecular weight excluding hydrogens is 464 g/mol. The maximum atomic E-state index is 6.33. The van der Waals surface area contributed by atoms with Gasteiger partial charge in [-0.05, 0) is 74.4 Å². The van der Waals surface area contributed by atoms with Crippen molar-refractivity contribution in [3.05, 3.63) is 106 Å². The molecule has 1 aliphatic heterocycles. The number of hydrogen-bond acceptors (Lipinski definition) is 4. The zero-order valence-electron chi connectivity index (χ0n) is 19.0. The third kappa shape index (κ3) is 4.22. The van der Waals surface area contributed by atoms with Gasteiger partial charge in [0, 0.05) is 22.0 Å². The fourth-order valence-electron chi connectivity index (χ4n) is 4.27. The Bertz CT molecular complexity index is 1430. The largest absolute Gasteiger partial charge is 0.351 e. The summed E-state index contributed by atoms with van der Waals surface area (Å²) < 4.78 is 5.83. The van der Waals surface area contributed by atoms with Crippen molar-refractivity contribution in [1.29, 1.82) is 0 Å². The number of nitrogens with zero attached hydrogens (tertiary/aromatic N) is 3. The number of nitrogens with one attached hydrogen (secondary N) is 1. The summed E-state index contributed by atoms with van der Waals surface area (Å²) in [6.07, 6.45) is 0. The van der Waals surface area contributed by atoms with E-state index in [1.165, 1.54) is 0 Å². The molecule has 5 rings (SSSR count). The maximum absolute atomic E-state index is 6.33. The van der Waals surface area contributed by atoms with Gasteiger partial charge >= 0.3 is 0 Å². The number of anilines is 1. The lowest BCUT2D eigenvalue weighted by Gasteiger charge is -2.37. The van der Waals surface area contributed by atoms with Crippen molar-refractivity contribution in [2.24, 2.45) is 0 Å². The quantitative estimate of drug-likeness (QED) is 0.317. The Morgan fingerprint density at radius 1 is 0.941 bits per heavy atom. The van der Waals surface area contributed by atoms with Gasteiger partial charge in [-0.25, -0.2) is 0 Å². The van der Waals surface area contributed by atoms with E-state index < -0.39 is 0 Å². The minimum absolute atomic E-state index is 0.293. The monoisotopic (exact) mass is 486 g/mol. The summed E-state index contributed by atoms with van der Waals surface area (Å²) in [5.41, 5.74) is 6.88. The molecule has 0 amide bonds. The van der Waals surface area contributed by atoms with E-state index in [0.29, 0.717) is 21.9 Å². The molecule has 0 fully saturated rings. The lowest BCUT2D eigenvalue weighted by molar-refractivity contribution is 0.404. The molecule has 34 heavy (non-hydrogen) atoms. The molecule has 3 aromatic carbocycles. The number of allylic oxidation sites excluding steroid dienone is 1. The van der Waals surface area contributed by atoms with Crippen LogP contribution in [0.3, 0.4) is 0 Å². The van der Waals surface area contributed by atoms with Crippen LogP contribution >= 0.6 is 23.8 Å². The first kappa shape index (κ1) is 22.3. The van der Waals surface area contributed by atoms with E-state index in [2.05, 4.69) is 29.5 Å². The third-order valence-electron chi connectivity index (χ3n) is 5.86. The molecule has 7 heteroatoms. The van der Waals surface area contributed by atoms with E-state index in [4.69, 9.17) is 33.3 Å². The number of hydrogen-bond donors (Lipinski definition) is 1. The highest BCUT2D eigenvalue weighted by Crippen LogP contribution is 2.39. The van der Waals surface area contributed by atoms with Crippen LogP contribution in [0.1, 0.15) is 35.5 Å². The number of thiocarbonyl (C=S) groups is 1. The minimum atomic E-state index is -0.293. The molecular formula is C27H23ClN4OS. The lowest BCUT2D eigenvalue weighted by atomic mass is 9.94. The minimum Gasteiger partial charge on any atom is -0.351 e. The van der Waals surface area contributed by atoms with Gasteiger partial charge in [0.2, 0.25) is 5.82 Å². The second-order valence-electron chi connectivity index (χ2n) is 8.40. The number of halogens is 1. The molecule has 1 N–H and O–H groups in total. The average Bonchev–Trinajstić information content (AvgIpc) is 3.28. The zero-order valence-corrected chi connectivity index (χ0v) is 20.6. The highest BCUT2D eigenvalue weighted by molar-refractivity contribution is 7.80. The lowest BCUT2D eigenvalue weighted by Crippen LogP contribution is -2.46. The van der Waals surface area contributed by atoms with Gasteiger partial charge in [0.25, 0.3) is 5.89 Å². The molecule has 1 unspecified atom stereocenters. The van der Waals surface area contributed by atoms with Crippen molar-refractivity contribution < 1.29 is 4.52 Å². The molecule has 0 radical (unpaired) electrons. The van der Waals surface area contributed by atoms with Crippen molar-refractivity contribution in [1.82, 2.24) is 15.5 Å². The first-order valence-electron chi connectivity index (χ1n) is 11.0. The van der Waals surface area contributed by atoms with E-state index >= 15 is 0 Å². The van der Waals surface area contributed by atoms with Crippen LogP contribution in [0, 0.1) is 13.8 Å². The Morgan fingerprint density at radius 2 is 1.68 bits per heavy atom. The van der Waals surface area contributed by atoms with Gasteiger partial charge in [-0.2, -0.15) is 4.98 Å². The maximum Gasteiger partial charge on any atom is 0.258 e. The summed E-state index contributed by atoms with van der Waals surface area (Å²) in [4.78, 5) is 6.80. The SMILES string of the molecule is CC1=C(c2nc(-c3cccc(C)c3)no2)C(c2cccc(Cl)c2)NC(=S)N1c1cccc(C)c1. The van der Waals surface area contributed by atoms with Crippen LogP contribution in [-0.4, -0.2) is 15.3 Å².